The number of hydrogen-bond acceptors (Lipinski definition) is 3. The number of nitrogens with zero attached hydrogens (tertiary/aromatic N) is 2. The Kier molecular flexibility index (Phi) is 17.5. The molecule has 0 amide bonds. The van der Waals surface area contributed by atoms with Crippen molar-refractivity contribution in [1.82, 2.24) is 15.1 Å². The fourth-order valence-electron chi connectivity index (χ4n) is 4.51. The van der Waals surface area contributed by atoms with Crippen LogP contribution >= 0.6 is 0 Å². The number of rotatable bonds is 19. The number of nitrogens with one attached hydrogen (secondary N) is 1. The number of piperazine rings is 1. The Labute approximate surface area is 178 Å². The van der Waals surface area contributed by atoms with Crippen molar-refractivity contribution in [2.24, 2.45) is 0 Å². The number of unbranched alkanes of at least 4 members (excludes halogenated alkanes) is 14. The predicted octanol–water partition coefficient (Wildman–Crippen LogP) is 6.43. The molecule has 0 aliphatic carbocycles. The molecule has 1 atom stereocenters. The lowest BCUT2D eigenvalue weighted by molar-refractivity contribution is 0.0398. The van der Waals surface area contributed by atoms with E-state index >= 15 is 0 Å². The third kappa shape index (κ3) is 13.2. The van der Waals surface area contributed by atoms with Crippen LogP contribution in [0, 0.1) is 0 Å². The SMILES string of the molecule is CCCCCCCCCCN(CCCCCCCCCC)C1CNCCN1C. The third-order valence-corrected chi connectivity index (χ3v) is 6.50. The highest BCUT2D eigenvalue weighted by Crippen LogP contribution is 2.14. The second-order valence-electron chi connectivity index (χ2n) is 9.15. The molecular formula is C25H53N3. The zero-order valence-corrected chi connectivity index (χ0v) is 19.8. The Morgan fingerprint density at radius 2 is 1.11 bits per heavy atom. The van der Waals surface area contributed by atoms with Crippen LogP contribution in [-0.2, 0) is 0 Å². The molecule has 0 bridgehead atoms. The molecule has 28 heavy (non-hydrogen) atoms. The van der Waals surface area contributed by atoms with Crippen LogP contribution in [0.15, 0.2) is 0 Å². The van der Waals surface area contributed by atoms with Crippen molar-refractivity contribution in [3.05, 3.63) is 0 Å². The Balaban J connectivity index is 2.19. The minimum Gasteiger partial charge on any atom is -0.313 e. The van der Waals surface area contributed by atoms with Crippen LogP contribution in [0.3, 0.4) is 0 Å². The van der Waals surface area contributed by atoms with Gasteiger partial charge >= 0.3 is 0 Å². The van der Waals surface area contributed by atoms with E-state index in [1.165, 1.54) is 122 Å². The second kappa shape index (κ2) is 18.9. The molecule has 1 saturated heterocycles. The molecule has 0 aromatic rings. The summed E-state index contributed by atoms with van der Waals surface area (Å²) >= 11 is 0. The lowest BCUT2D eigenvalue weighted by Gasteiger charge is -2.41. The van der Waals surface area contributed by atoms with Gasteiger partial charge in [-0.2, -0.15) is 0 Å². The molecule has 1 fully saturated rings. The van der Waals surface area contributed by atoms with E-state index in [4.69, 9.17) is 0 Å². The normalized spacial score (nSPS) is 18.2. The molecule has 1 aliphatic heterocycles. The highest BCUT2D eigenvalue weighted by Gasteiger charge is 2.24. The van der Waals surface area contributed by atoms with E-state index in [2.05, 4.69) is 36.0 Å². The van der Waals surface area contributed by atoms with Gasteiger partial charge in [0.05, 0.1) is 6.17 Å². The monoisotopic (exact) mass is 395 g/mol. The van der Waals surface area contributed by atoms with Gasteiger partial charge in [0.15, 0.2) is 0 Å². The van der Waals surface area contributed by atoms with Crippen LogP contribution in [0.1, 0.15) is 117 Å². The van der Waals surface area contributed by atoms with Gasteiger partial charge in [0, 0.05) is 19.6 Å². The van der Waals surface area contributed by atoms with E-state index in [0.29, 0.717) is 6.17 Å². The van der Waals surface area contributed by atoms with E-state index in [-0.39, 0.29) is 0 Å². The molecule has 1 heterocycles. The molecule has 1 N–H and O–H groups in total. The Morgan fingerprint density at radius 3 is 1.54 bits per heavy atom. The number of likely N-dealkylation sites (N-methyl/N-ethyl adjacent to an activating group) is 1. The van der Waals surface area contributed by atoms with Crippen LogP contribution in [0.4, 0.5) is 0 Å². The molecule has 1 aliphatic rings. The molecule has 0 aromatic carbocycles. The van der Waals surface area contributed by atoms with Gasteiger partial charge in [-0.15, -0.1) is 0 Å². The molecule has 0 spiro atoms. The summed E-state index contributed by atoms with van der Waals surface area (Å²) in [5.74, 6) is 0. The Morgan fingerprint density at radius 1 is 0.679 bits per heavy atom. The van der Waals surface area contributed by atoms with Crippen LogP contribution < -0.4 is 5.32 Å². The largest absolute Gasteiger partial charge is 0.313 e. The summed E-state index contributed by atoms with van der Waals surface area (Å²) in [6, 6.07) is 0. The maximum Gasteiger partial charge on any atom is 0.0749 e. The van der Waals surface area contributed by atoms with E-state index in [1.54, 1.807) is 0 Å². The Hall–Kier alpha value is -0.120. The van der Waals surface area contributed by atoms with E-state index in [0.717, 1.165) is 13.1 Å². The molecule has 3 nitrogen and oxygen atoms in total. The first-order chi connectivity index (χ1) is 13.8. The average molecular weight is 396 g/mol. The molecule has 0 aromatic heterocycles. The fraction of sp³-hybridized carbons (Fsp3) is 1.00. The minimum absolute atomic E-state index is 0.614. The zero-order chi connectivity index (χ0) is 20.3. The summed E-state index contributed by atoms with van der Waals surface area (Å²) in [5, 5.41) is 3.62. The summed E-state index contributed by atoms with van der Waals surface area (Å²) in [6.07, 6.45) is 23.3. The summed E-state index contributed by atoms with van der Waals surface area (Å²) in [4.78, 5) is 5.37. The van der Waals surface area contributed by atoms with Gasteiger partial charge in [0.25, 0.3) is 0 Å². The molecule has 1 unspecified atom stereocenters. The number of hydrogen-bond donors (Lipinski definition) is 1. The molecule has 3 heteroatoms. The Bertz CT molecular complexity index is 301. The second-order valence-corrected chi connectivity index (χ2v) is 9.15. The van der Waals surface area contributed by atoms with Crippen molar-refractivity contribution < 1.29 is 0 Å². The molecular weight excluding hydrogens is 342 g/mol. The topological polar surface area (TPSA) is 18.5 Å². The van der Waals surface area contributed by atoms with Crippen LogP contribution in [0.25, 0.3) is 0 Å². The predicted molar refractivity (Wildman–Crippen MR) is 126 cm³/mol. The van der Waals surface area contributed by atoms with Crippen LogP contribution in [0.5, 0.6) is 0 Å². The highest BCUT2D eigenvalue weighted by molar-refractivity contribution is 4.78. The lowest BCUT2D eigenvalue weighted by Crippen LogP contribution is -2.58. The smallest absolute Gasteiger partial charge is 0.0749 e. The summed E-state index contributed by atoms with van der Waals surface area (Å²) in [7, 11) is 2.32. The van der Waals surface area contributed by atoms with Crippen molar-refractivity contribution >= 4 is 0 Å². The van der Waals surface area contributed by atoms with Crippen molar-refractivity contribution in [2.45, 2.75) is 123 Å². The van der Waals surface area contributed by atoms with Gasteiger partial charge in [-0.3, -0.25) is 9.80 Å². The average Bonchev–Trinajstić information content (AvgIpc) is 2.71. The first-order valence-electron chi connectivity index (χ1n) is 12.9. The van der Waals surface area contributed by atoms with E-state index < -0.39 is 0 Å². The minimum atomic E-state index is 0.614. The van der Waals surface area contributed by atoms with Gasteiger partial charge in [-0.05, 0) is 33.0 Å². The van der Waals surface area contributed by atoms with Crippen LogP contribution in [0.2, 0.25) is 0 Å². The van der Waals surface area contributed by atoms with Crippen molar-refractivity contribution in [3.63, 3.8) is 0 Å². The van der Waals surface area contributed by atoms with Gasteiger partial charge in [0.1, 0.15) is 0 Å². The first kappa shape index (κ1) is 25.9. The van der Waals surface area contributed by atoms with E-state index in [1.807, 2.05) is 0 Å². The van der Waals surface area contributed by atoms with Gasteiger partial charge in [-0.1, -0.05) is 104 Å². The van der Waals surface area contributed by atoms with Gasteiger partial charge in [-0.25, -0.2) is 0 Å². The third-order valence-electron chi connectivity index (χ3n) is 6.50. The van der Waals surface area contributed by atoms with Gasteiger partial charge in [0.2, 0.25) is 0 Å². The molecule has 0 radical (unpaired) electrons. The molecule has 1 rings (SSSR count). The summed E-state index contributed by atoms with van der Waals surface area (Å²) < 4.78 is 0. The van der Waals surface area contributed by atoms with Crippen molar-refractivity contribution in [3.8, 4) is 0 Å². The van der Waals surface area contributed by atoms with Gasteiger partial charge < -0.3 is 5.32 Å². The molecule has 168 valence electrons. The quantitative estimate of drug-likeness (QED) is 0.254. The summed E-state index contributed by atoms with van der Waals surface area (Å²) in [5.41, 5.74) is 0. The lowest BCUT2D eigenvalue weighted by atomic mass is 10.1. The zero-order valence-electron chi connectivity index (χ0n) is 19.8. The highest BCUT2D eigenvalue weighted by atomic mass is 15.4. The standard InChI is InChI=1S/C25H53N3/c1-4-6-8-10-12-14-16-18-21-28(25-24-26-20-23-27(25)3)22-19-17-15-13-11-9-7-5-2/h25-26H,4-24H2,1-3H3. The van der Waals surface area contributed by atoms with Crippen molar-refractivity contribution in [1.29, 1.82) is 0 Å². The van der Waals surface area contributed by atoms with Crippen molar-refractivity contribution in [2.75, 3.05) is 39.8 Å². The van der Waals surface area contributed by atoms with Crippen LogP contribution in [-0.4, -0.2) is 55.7 Å². The fourth-order valence-corrected chi connectivity index (χ4v) is 4.51. The maximum absolute atomic E-state index is 3.62. The summed E-state index contributed by atoms with van der Waals surface area (Å²) in [6.45, 7) is 10.7. The van der Waals surface area contributed by atoms with E-state index in [9.17, 15) is 0 Å². The maximum atomic E-state index is 3.62. The first-order valence-corrected chi connectivity index (χ1v) is 12.9. The molecule has 0 saturated carbocycles.